The summed E-state index contributed by atoms with van der Waals surface area (Å²) in [5, 5.41) is 8.45. The molecule has 22 heavy (non-hydrogen) atoms. The van der Waals surface area contributed by atoms with Crippen LogP contribution in [0, 0.1) is 12.8 Å². The molecule has 0 aliphatic heterocycles. The Kier molecular flexibility index (Phi) is 3.53. The Morgan fingerprint density at radius 1 is 1.00 bits per heavy atom. The third-order valence-electron chi connectivity index (χ3n) is 4.13. The van der Waals surface area contributed by atoms with Gasteiger partial charge in [0, 0.05) is 5.92 Å². The van der Waals surface area contributed by atoms with Gasteiger partial charge in [-0.2, -0.15) is 0 Å². The molecule has 0 unspecified atom stereocenters. The smallest absolute Gasteiger partial charge is 0.308 e. The Hall–Kier alpha value is -2.14. The molecule has 3 atom stereocenters. The molecule has 0 heterocycles. The predicted molar refractivity (Wildman–Crippen MR) is 82.5 cm³/mol. The van der Waals surface area contributed by atoms with Gasteiger partial charge in [-0.1, -0.05) is 48.0 Å². The summed E-state index contributed by atoms with van der Waals surface area (Å²) in [6.07, 6.45) is 0. The standard InChI is InChI=1S/C17H16O4S/c1-11-7-9-13(10-8-11)22(20,21)16-14(15(16)17(18)19)12-5-3-2-4-6-12/h2-10,14-16H,1H3,(H,18,19)/t14-,15-,16+/m0/s1. The summed E-state index contributed by atoms with van der Waals surface area (Å²) in [7, 11) is -3.65. The van der Waals surface area contributed by atoms with Crippen LogP contribution in [-0.4, -0.2) is 24.7 Å². The minimum absolute atomic E-state index is 0.188. The van der Waals surface area contributed by atoms with Gasteiger partial charge in [0.15, 0.2) is 9.84 Å². The van der Waals surface area contributed by atoms with Crippen molar-refractivity contribution in [1.29, 1.82) is 0 Å². The van der Waals surface area contributed by atoms with Crippen LogP contribution < -0.4 is 0 Å². The minimum Gasteiger partial charge on any atom is -0.481 e. The highest BCUT2D eigenvalue weighted by atomic mass is 32.2. The molecule has 0 bridgehead atoms. The molecule has 0 amide bonds. The molecule has 2 aromatic carbocycles. The normalized spacial score (nSPS) is 24.0. The van der Waals surface area contributed by atoms with Gasteiger partial charge < -0.3 is 5.11 Å². The Labute approximate surface area is 129 Å². The molecule has 2 aromatic rings. The van der Waals surface area contributed by atoms with Crippen LogP contribution in [0.25, 0.3) is 0 Å². The minimum atomic E-state index is -3.65. The van der Waals surface area contributed by atoms with Crippen molar-refractivity contribution in [2.45, 2.75) is 23.0 Å². The fraction of sp³-hybridized carbons (Fsp3) is 0.235. The molecule has 1 saturated carbocycles. The van der Waals surface area contributed by atoms with Gasteiger partial charge in [-0.25, -0.2) is 8.42 Å². The number of carbonyl (C=O) groups is 1. The van der Waals surface area contributed by atoms with E-state index in [1.165, 1.54) is 0 Å². The summed E-state index contributed by atoms with van der Waals surface area (Å²) in [6.45, 7) is 1.88. The maximum absolute atomic E-state index is 12.7. The summed E-state index contributed by atoms with van der Waals surface area (Å²) in [5.41, 5.74) is 1.72. The zero-order chi connectivity index (χ0) is 15.9. The summed E-state index contributed by atoms with van der Waals surface area (Å²) >= 11 is 0. The Bertz CT molecular complexity index is 794. The number of aliphatic carboxylic acids is 1. The van der Waals surface area contributed by atoms with Gasteiger partial charge in [-0.3, -0.25) is 4.79 Å². The van der Waals surface area contributed by atoms with Crippen LogP contribution in [0.4, 0.5) is 0 Å². The molecule has 0 aromatic heterocycles. The predicted octanol–water partition coefficient (Wildman–Crippen LogP) is 2.64. The second kappa shape index (κ2) is 5.25. The number of hydrogen-bond donors (Lipinski definition) is 1. The Morgan fingerprint density at radius 3 is 2.14 bits per heavy atom. The van der Waals surface area contributed by atoms with E-state index in [-0.39, 0.29) is 4.90 Å². The van der Waals surface area contributed by atoms with Gasteiger partial charge in [-0.05, 0) is 24.6 Å². The van der Waals surface area contributed by atoms with Gasteiger partial charge in [0.05, 0.1) is 16.1 Å². The van der Waals surface area contributed by atoms with Crippen molar-refractivity contribution >= 4 is 15.8 Å². The molecule has 114 valence electrons. The quantitative estimate of drug-likeness (QED) is 0.941. The number of carboxylic acid groups (broad SMARTS) is 1. The average molecular weight is 316 g/mol. The van der Waals surface area contributed by atoms with E-state index in [1.807, 2.05) is 13.0 Å². The third kappa shape index (κ3) is 2.41. The summed E-state index contributed by atoms with van der Waals surface area (Å²) in [6, 6.07) is 15.5. The number of rotatable bonds is 4. The van der Waals surface area contributed by atoms with E-state index in [0.29, 0.717) is 0 Å². The molecule has 1 N–H and O–H groups in total. The van der Waals surface area contributed by atoms with Gasteiger partial charge in [-0.15, -0.1) is 0 Å². The number of hydrogen-bond acceptors (Lipinski definition) is 3. The number of carboxylic acids is 1. The zero-order valence-corrected chi connectivity index (χ0v) is 12.8. The first kappa shape index (κ1) is 14.8. The second-order valence-corrected chi connectivity index (χ2v) is 7.73. The molecular weight excluding hydrogens is 300 g/mol. The molecule has 5 heteroatoms. The van der Waals surface area contributed by atoms with Gasteiger partial charge in [0.2, 0.25) is 0 Å². The van der Waals surface area contributed by atoms with Crippen molar-refractivity contribution in [2.75, 3.05) is 0 Å². The second-order valence-electron chi connectivity index (χ2n) is 5.62. The van der Waals surface area contributed by atoms with Crippen molar-refractivity contribution in [3.05, 3.63) is 65.7 Å². The van der Waals surface area contributed by atoms with Crippen LogP contribution in [-0.2, 0) is 14.6 Å². The van der Waals surface area contributed by atoms with Gasteiger partial charge >= 0.3 is 5.97 Å². The molecule has 0 spiro atoms. The largest absolute Gasteiger partial charge is 0.481 e. The van der Waals surface area contributed by atoms with Crippen LogP contribution in [0.5, 0.6) is 0 Å². The fourth-order valence-electron chi connectivity index (χ4n) is 2.92. The lowest BCUT2D eigenvalue weighted by atomic mass is 10.1. The topological polar surface area (TPSA) is 71.4 Å². The maximum Gasteiger partial charge on any atom is 0.308 e. The van der Waals surface area contributed by atoms with E-state index < -0.39 is 32.9 Å². The summed E-state index contributed by atoms with van der Waals surface area (Å²) in [5.74, 6) is -2.42. The van der Waals surface area contributed by atoms with Crippen LogP contribution in [0.2, 0.25) is 0 Å². The molecule has 0 radical (unpaired) electrons. The monoisotopic (exact) mass is 316 g/mol. The lowest BCUT2D eigenvalue weighted by molar-refractivity contribution is -0.138. The SMILES string of the molecule is Cc1ccc(S(=O)(=O)[C@H]2[C@@H](C(=O)O)[C@@H]2c2ccccc2)cc1. The van der Waals surface area contributed by atoms with E-state index in [2.05, 4.69) is 0 Å². The van der Waals surface area contributed by atoms with E-state index in [0.717, 1.165) is 11.1 Å². The van der Waals surface area contributed by atoms with Crippen molar-refractivity contribution in [3.8, 4) is 0 Å². The number of sulfone groups is 1. The van der Waals surface area contributed by atoms with E-state index in [4.69, 9.17) is 0 Å². The molecule has 1 aliphatic carbocycles. The average Bonchev–Trinajstić information content (AvgIpc) is 3.25. The van der Waals surface area contributed by atoms with Crippen LogP contribution >= 0.6 is 0 Å². The van der Waals surface area contributed by atoms with E-state index in [9.17, 15) is 18.3 Å². The van der Waals surface area contributed by atoms with E-state index >= 15 is 0 Å². The third-order valence-corrected chi connectivity index (χ3v) is 6.36. The van der Waals surface area contributed by atoms with E-state index in [1.54, 1.807) is 48.5 Å². The maximum atomic E-state index is 12.7. The van der Waals surface area contributed by atoms with Crippen LogP contribution in [0.1, 0.15) is 17.0 Å². The lowest BCUT2D eigenvalue weighted by Crippen LogP contribution is -2.13. The molecule has 1 aliphatic rings. The van der Waals surface area contributed by atoms with Crippen LogP contribution in [0.15, 0.2) is 59.5 Å². The highest BCUT2D eigenvalue weighted by molar-refractivity contribution is 7.92. The van der Waals surface area contributed by atoms with Crippen molar-refractivity contribution < 1.29 is 18.3 Å². The molecule has 3 rings (SSSR count). The first-order chi connectivity index (χ1) is 10.4. The van der Waals surface area contributed by atoms with Crippen molar-refractivity contribution in [3.63, 3.8) is 0 Å². The Morgan fingerprint density at radius 2 is 1.59 bits per heavy atom. The van der Waals surface area contributed by atoms with Gasteiger partial charge in [0.25, 0.3) is 0 Å². The lowest BCUT2D eigenvalue weighted by Gasteiger charge is -2.04. The highest BCUT2D eigenvalue weighted by Crippen LogP contribution is 2.54. The summed E-state index contributed by atoms with van der Waals surface area (Å²) in [4.78, 5) is 11.6. The summed E-state index contributed by atoms with van der Waals surface area (Å²) < 4.78 is 25.5. The first-order valence-electron chi connectivity index (χ1n) is 7.01. The molecule has 1 fully saturated rings. The first-order valence-corrected chi connectivity index (χ1v) is 8.56. The van der Waals surface area contributed by atoms with Crippen molar-refractivity contribution in [2.24, 2.45) is 5.92 Å². The number of benzene rings is 2. The molecule has 4 nitrogen and oxygen atoms in total. The Balaban J connectivity index is 1.99. The zero-order valence-electron chi connectivity index (χ0n) is 12.0. The van der Waals surface area contributed by atoms with Crippen LogP contribution in [0.3, 0.4) is 0 Å². The fourth-order valence-corrected chi connectivity index (χ4v) is 5.04. The highest BCUT2D eigenvalue weighted by Gasteiger charge is 2.62. The van der Waals surface area contributed by atoms with Gasteiger partial charge in [0.1, 0.15) is 0 Å². The van der Waals surface area contributed by atoms with Crippen molar-refractivity contribution in [1.82, 2.24) is 0 Å². The molecular formula is C17H16O4S. The molecule has 0 saturated heterocycles. The number of aryl methyl sites for hydroxylation is 1.